The van der Waals surface area contributed by atoms with Crippen molar-refractivity contribution in [1.29, 1.82) is 0 Å². The number of likely N-dealkylation sites (tertiary alicyclic amines) is 1. The van der Waals surface area contributed by atoms with E-state index in [0.717, 1.165) is 36.8 Å². The molecule has 4 nitrogen and oxygen atoms in total. The Bertz CT molecular complexity index is 555. The topological polar surface area (TPSA) is 49.8 Å². The number of aliphatic hydroxyl groups is 1. The van der Waals surface area contributed by atoms with Crippen molar-refractivity contribution in [3.05, 3.63) is 47.7 Å². The minimum absolute atomic E-state index is 0.00176. The molecular formula is C18H23NO3. The average molecular weight is 301 g/mol. The third-order valence-corrected chi connectivity index (χ3v) is 4.72. The van der Waals surface area contributed by atoms with E-state index in [1.54, 1.807) is 6.26 Å². The molecule has 0 spiro atoms. The van der Waals surface area contributed by atoms with Gasteiger partial charge in [-0.05, 0) is 37.7 Å². The van der Waals surface area contributed by atoms with E-state index in [4.69, 9.17) is 4.74 Å². The van der Waals surface area contributed by atoms with Crippen molar-refractivity contribution in [2.45, 2.75) is 37.6 Å². The standard InChI is InChI=1S/C18H23NO3/c20-14-18(12-15-6-2-1-3-7-15)9-5-10-19(18)17(21)16-8-4-11-22-13-16/h1-3,6-7,13,20H,4-5,8-12,14H2. The summed E-state index contributed by atoms with van der Waals surface area (Å²) in [5.41, 5.74) is 1.42. The van der Waals surface area contributed by atoms with Gasteiger partial charge in [-0.1, -0.05) is 30.3 Å². The highest BCUT2D eigenvalue weighted by Crippen LogP contribution is 2.34. The third kappa shape index (κ3) is 2.88. The van der Waals surface area contributed by atoms with Crippen molar-refractivity contribution >= 4 is 5.91 Å². The number of carbonyl (C=O) groups is 1. The van der Waals surface area contributed by atoms with Crippen LogP contribution in [0, 0.1) is 0 Å². The van der Waals surface area contributed by atoms with Crippen LogP contribution in [-0.2, 0) is 16.0 Å². The lowest BCUT2D eigenvalue weighted by atomic mass is 9.88. The van der Waals surface area contributed by atoms with Crippen LogP contribution in [0.25, 0.3) is 0 Å². The number of rotatable bonds is 4. The van der Waals surface area contributed by atoms with E-state index < -0.39 is 5.54 Å². The van der Waals surface area contributed by atoms with Crippen LogP contribution in [0.15, 0.2) is 42.2 Å². The van der Waals surface area contributed by atoms with Crippen LogP contribution < -0.4 is 0 Å². The Morgan fingerprint density at radius 3 is 2.77 bits per heavy atom. The first kappa shape index (κ1) is 15.1. The Hall–Kier alpha value is -1.81. The van der Waals surface area contributed by atoms with E-state index in [-0.39, 0.29) is 12.5 Å². The van der Waals surface area contributed by atoms with Gasteiger partial charge in [0.2, 0.25) is 0 Å². The fraction of sp³-hybridized carbons (Fsp3) is 0.500. The normalized spacial score (nSPS) is 24.8. The molecule has 0 aliphatic carbocycles. The first-order valence-corrected chi connectivity index (χ1v) is 8.03. The molecule has 0 bridgehead atoms. The second-order valence-corrected chi connectivity index (χ2v) is 6.22. The lowest BCUT2D eigenvalue weighted by molar-refractivity contribution is -0.133. The van der Waals surface area contributed by atoms with Gasteiger partial charge in [-0.2, -0.15) is 0 Å². The fourth-order valence-corrected chi connectivity index (χ4v) is 3.53. The maximum Gasteiger partial charge on any atom is 0.253 e. The van der Waals surface area contributed by atoms with Gasteiger partial charge in [0.05, 0.1) is 30.6 Å². The maximum absolute atomic E-state index is 12.8. The second-order valence-electron chi connectivity index (χ2n) is 6.22. The maximum atomic E-state index is 12.8. The summed E-state index contributed by atoms with van der Waals surface area (Å²) >= 11 is 0. The van der Waals surface area contributed by atoms with E-state index in [9.17, 15) is 9.90 Å². The largest absolute Gasteiger partial charge is 0.501 e. The predicted molar refractivity (Wildman–Crippen MR) is 84.2 cm³/mol. The van der Waals surface area contributed by atoms with Gasteiger partial charge < -0.3 is 14.7 Å². The van der Waals surface area contributed by atoms with Gasteiger partial charge in [-0.25, -0.2) is 0 Å². The number of benzene rings is 1. The Morgan fingerprint density at radius 1 is 1.27 bits per heavy atom. The third-order valence-electron chi connectivity index (χ3n) is 4.72. The summed E-state index contributed by atoms with van der Waals surface area (Å²) in [6, 6.07) is 10.1. The number of hydrogen-bond donors (Lipinski definition) is 1. The molecule has 3 rings (SSSR count). The van der Waals surface area contributed by atoms with Gasteiger partial charge in [0, 0.05) is 6.54 Å². The van der Waals surface area contributed by atoms with Crippen molar-refractivity contribution in [1.82, 2.24) is 4.90 Å². The van der Waals surface area contributed by atoms with Crippen LogP contribution >= 0.6 is 0 Å². The summed E-state index contributed by atoms with van der Waals surface area (Å²) in [7, 11) is 0. The molecule has 1 unspecified atom stereocenters. The molecule has 1 amide bonds. The van der Waals surface area contributed by atoms with Crippen molar-refractivity contribution < 1.29 is 14.6 Å². The number of amides is 1. The van der Waals surface area contributed by atoms with Crippen LogP contribution in [0.4, 0.5) is 0 Å². The molecule has 0 radical (unpaired) electrons. The van der Waals surface area contributed by atoms with Crippen LogP contribution in [-0.4, -0.2) is 41.2 Å². The molecule has 22 heavy (non-hydrogen) atoms. The molecule has 1 N–H and O–H groups in total. The Morgan fingerprint density at radius 2 is 2.09 bits per heavy atom. The summed E-state index contributed by atoms with van der Waals surface area (Å²) in [5, 5.41) is 10.1. The molecule has 0 saturated carbocycles. The Labute approximate surface area is 131 Å². The van der Waals surface area contributed by atoms with Gasteiger partial charge in [0.15, 0.2) is 0 Å². The minimum atomic E-state index is -0.475. The molecule has 1 fully saturated rings. The molecule has 2 aliphatic heterocycles. The highest BCUT2D eigenvalue weighted by molar-refractivity contribution is 5.94. The van der Waals surface area contributed by atoms with Gasteiger partial charge in [-0.15, -0.1) is 0 Å². The molecule has 4 heteroatoms. The van der Waals surface area contributed by atoms with E-state index in [2.05, 4.69) is 12.1 Å². The smallest absolute Gasteiger partial charge is 0.253 e. The summed E-state index contributed by atoms with van der Waals surface area (Å²) in [6.45, 7) is 1.40. The van der Waals surface area contributed by atoms with Crippen LogP contribution in [0.2, 0.25) is 0 Å². The quantitative estimate of drug-likeness (QED) is 0.928. The fourth-order valence-electron chi connectivity index (χ4n) is 3.53. The zero-order valence-corrected chi connectivity index (χ0v) is 12.8. The molecule has 1 saturated heterocycles. The molecule has 2 heterocycles. The zero-order chi connectivity index (χ0) is 15.4. The van der Waals surface area contributed by atoms with Crippen LogP contribution in [0.3, 0.4) is 0 Å². The highest BCUT2D eigenvalue weighted by atomic mass is 16.5. The number of carbonyl (C=O) groups excluding carboxylic acids is 1. The zero-order valence-electron chi connectivity index (χ0n) is 12.8. The van der Waals surface area contributed by atoms with Crippen molar-refractivity contribution in [3.63, 3.8) is 0 Å². The number of aliphatic hydroxyl groups excluding tert-OH is 1. The first-order valence-electron chi connectivity index (χ1n) is 8.03. The number of ether oxygens (including phenoxy) is 1. The monoisotopic (exact) mass is 301 g/mol. The van der Waals surface area contributed by atoms with E-state index in [0.29, 0.717) is 19.6 Å². The number of hydrogen-bond acceptors (Lipinski definition) is 3. The minimum Gasteiger partial charge on any atom is -0.501 e. The molecule has 1 atom stereocenters. The second kappa shape index (κ2) is 6.53. The highest BCUT2D eigenvalue weighted by Gasteiger charge is 2.44. The van der Waals surface area contributed by atoms with Gasteiger partial charge in [0.1, 0.15) is 0 Å². The predicted octanol–water partition coefficient (Wildman–Crippen LogP) is 2.28. The summed E-state index contributed by atoms with van der Waals surface area (Å²) in [5.74, 6) is 0.0298. The summed E-state index contributed by atoms with van der Waals surface area (Å²) in [4.78, 5) is 14.7. The lowest BCUT2D eigenvalue weighted by Gasteiger charge is -2.38. The van der Waals surface area contributed by atoms with Crippen LogP contribution in [0.1, 0.15) is 31.2 Å². The van der Waals surface area contributed by atoms with Crippen LogP contribution in [0.5, 0.6) is 0 Å². The average Bonchev–Trinajstić information content (AvgIpc) is 3.00. The van der Waals surface area contributed by atoms with Gasteiger partial charge in [0.25, 0.3) is 5.91 Å². The Balaban J connectivity index is 1.82. The molecule has 1 aromatic carbocycles. The summed E-state index contributed by atoms with van der Waals surface area (Å²) in [6.07, 6.45) is 5.74. The summed E-state index contributed by atoms with van der Waals surface area (Å²) < 4.78 is 5.31. The van der Waals surface area contributed by atoms with Crippen molar-refractivity contribution in [3.8, 4) is 0 Å². The Kier molecular flexibility index (Phi) is 4.48. The van der Waals surface area contributed by atoms with Gasteiger partial charge >= 0.3 is 0 Å². The van der Waals surface area contributed by atoms with E-state index in [1.165, 1.54) is 0 Å². The van der Waals surface area contributed by atoms with Crippen molar-refractivity contribution in [2.75, 3.05) is 19.8 Å². The molecule has 2 aliphatic rings. The molecule has 118 valence electrons. The molecule has 0 aromatic heterocycles. The SMILES string of the molecule is O=C(C1=COCCC1)N1CCCC1(CO)Cc1ccccc1. The van der Waals surface area contributed by atoms with Gasteiger partial charge in [-0.3, -0.25) is 4.79 Å². The molecular weight excluding hydrogens is 278 g/mol. The first-order chi connectivity index (χ1) is 10.7. The molecule has 1 aromatic rings. The number of nitrogens with zero attached hydrogens (tertiary/aromatic N) is 1. The lowest BCUT2D eigenvalue weighted by Crippen LogP contribution is -2.52. The van der Waals surface area contributed by atoms with E-state index >= 15 is 0 Å². The van der Waals surface area contributed by atoms with Crippen molar-refractivity contribution in [2.24, 2.45) is 0 Å². The van der Waals surface area contributed by atoms with E-state index in [1.807, 2.05) is 23.1 Å².